The predicted molar refractivity (Wildman–Crippen MR) is 113 cm³/mol. The predicted octanol–water partition coefficient (Wildman–Crippen LogP) is 3.64. The van der Waals surface area contributed by atoms with Gasteiger partial charge in [0.05, 0.1) is 42.1 Å². The number of carbonyl (C=O) groups excluding carboxylic acids is 1. The van der Waals surface area contributed by atoms with Crippen LogP contribution < -0.4 is 5.56 Å². The van der Waals surface area contributed by atoms with Crippen LogP contribution in [0.1, 0.15) is 38.5 Å². The van der Waals surface area contributed by atoms with E-state index in [1.165, 1.54) is 12.0 Å². The Labute approximate surface area is 170 Å². The number of thiophene rings is 1. The largest absolute Gasteiger partial charge is 0.465 e. The normalized spacial score (nSPS) is 13.2. The molecule has 7 heteroatoms. The number of rotatable bonds is 3. The molecular formula is C22H19N3O3S. The van der Waals surface area contributed by atoms with Crippen LogP contribution in [0.4, 0.5) is 0 Å². The van der Waals surface area contributed by atoms with Crippen LogP contribution in [0.3, 0.4) is 0 Å². The molecule has 0 amide bonds. The second-order valence-electron chi connectivity index (χ2n) is 7.28. The summed E-state index contributed by atoms with van der Waals surface area (Å²) in [7, 11) is 1.36. The van der Waals surface area contributed by atoms with E-state index in [4.69, 9.17) is 9.72 Å². The van der Waals surface area contributed by atoms with Crippen LogP contribution in [0.25, 0.3) is 21.1 Å². The fraction of sp³-hybridized carbons (Fsp3) is 0.273. The average molecular weight is 405 g/mol. The topological polar surface area (TPSA) is 74.1 Å². The van der Waals surface area contributed by atoms with Gasteiger partial charge in [-0.2, -0.15) is 0 Å². The van der Waals surface area contributed by atoms with E-state index in [2.05, 4.69) is 4.98 Å². The zero-order chi connectivity index (χ0) is 20.1. The van der Waals surface area contributed by atoms with Gasteiger partial charge >= 0.3 is 5.97 Å². The number of esters is 1. The molecule has 146 valence electrons. The molecule has 1 aliphatic rings. The molecule has 0 saturated heterocycles. The van der Waals surface area contributed by atoms with Crippen LogP contribution in [-0.4, -0.2) is 27.6 Å². The molecule has 5 rings (SSSR count). The number of ether oxygens (including phenoxy) is 1. The van der Waals surface area contributed by atoms with Gasteiger partial charge in [0.1, 0.15) is 4.83 Å². The number of carbonyl (C=O) groups is 1. The van der Waals surface area contributed by atoms with Crippen LogP contribution in [0.5, 0.6) is 0 Å². The molecule has 0 N–H and O–H groups in total. The Kier molecular flexibility index (Phi) is 4.20. The van der Waals surface area contributed by atoms with Gasteiger partial charge in [0, 0.05) is 10.3 Å². The van der Waals surface area contributed by atoms with Crippen LogP contribution in [0, 0.1) is 6.92 Å². The summed E-state index contributed by atoms with van der Waals surface area (Å²) in [6.45, 7) is 2.05. The lowest BCUT2D eigenvalue weighted by atomic mass is 10.0. The summed E-state index contributed by atoms with van der Waals surface area (Å²) < 4.78 is 6.56. The number of aryl methyl sites for hydroxylation is 3. The number of fused-ring (bicyclic) bond motifs is 4. The molecule has 1 aromatic carbocycles. The monoisotopic (exact) mass is 405 g/mol. The van der Waals surface area contributed by atoms with Gasteiger partial charge in [0.15, 0.2) is 0 Å². The first-order valence-electron chi connectivity index (χ1n) is 9.54. The summed E-state index contributed by atoms with van der Waals surface area (Å²) in [5.41, 5.74) is 3.59. The Morgan fingerprint density at radius 2 is 2.10 bits per heavy atom. The maximum absolute atomic E-state index is 13.2. The van der Waals surface area contributed by atoms with Gasteiger partial charge in [0.25, 0.3) is 5.56 Å². The Hall–Kier alpha value is -3.06. The van der Waals surface area contributed by atoms with Crippen LogP contribution in [0.15, 0.2) is 35.4 Å². The van der Waals surface area contributed by atoms with E-state index in [1.807, 2.05) is 31.2 Å². The van der Waals surface area contributed by atoms with Crippen molar-refractivity contribution in [2.24, 2.45) is 0 Å². The number of hydrogen-bond acceptors (Lipinski definition) is 6. The van der Waals surface area contributed by atoms with Crippen molar-refractivity contribution in [2.75, 3.05) is 7.11 Å². The quantitative estimate of drug-likeness (QED) is 0.487. The third kappa shape index (κ3) is 2.76. The molecule has 4 aromatic rings. The van der Waals surface area contributed by atoms with Gasteiger partial charge in [-0.3, -0.25) is 9.36 Å². The Bertz CT molecular complexity index is 1350. The van der Waals surface area contributed by atoms with Crippen molar-refractivity contribution in [3.05, 3.63) is 68.2 Å². The molecule has 3 heterocycles. The first-order chi connectivity index (χ1) is 14.1. The van der Waals surface area contributed by atoms with E-state index in [-0.39, 0.29) is 12.1 Å². The number of methoxy groups -OCH3 is 1. The van der Waals surface area contributed by atoms with Crippen molar-refractivity contribution in [1.82, 2.24) is 14.5 Å². The Morgan fingerprint density at radius 3 is 2.93 bits per heavy atom. The zero-order valence-electron chi connectivity index (χ0n) is 16.2. The molecule has 0 atom stereocenters. The third-order valence-corrected chi connectivity index (χ3v) is 6.83. The molecule has 0 spiro atoms. The summed E-state index contributed by atoms with van der Waals surface area (Å²) >= 11 is 1.62. The van der Waals surface area contributed by atoms with Crippen molar-refractivity contribution in [2.45, 2.75) is 32.7 Å². The summed E-state index contributed by atoms with van der Waals surface area (Å²) in [6, 6.07) is 7.66. The minimum Gasteiger partial charge on any atom is -0.465 e. The maximum atomic E-state index is 13.2. The molecule has 0 saturated carbocycles. The lowest BCUT2D eigenvalue weighted by molar-refractivity contribution is 0.0598. The van der Waals surface area contributed by atoms with Gasteiger partial charge in [0.2, 0.25) is 0 Å². The highest BCUT2D eigenvalue weighted by Crippen LogP contribution is 2.34. The molecule has 0 fully saturated rings. The molecule has 0 bridgehead atoms. The number of pyridine rings is 1. The zero-order valence-corrected chi connectivity index (χ0v) is 17.0. The van der Waals surface area contributed by atoms with Crippen molar-refractivity contribution < 1.29 is 9.53 Å². The third-order valence-electron chi connectivity index (χ3n) is 5.63. The van der Waals surface area contributed by atoms with Crippen LogP contribution in [0.2, 0.25) is 0 Å². The Balaban J connectivity index is 1.70. The first kappa shape index (κ1) is 18.0. The highest BCUT2D eigenvalue weighted by molar-refractivity contribution is 7.18. The molecule has 6 nitrogen and oxygen atoms in total. The number of benzene rings is 1. The molecule has 0 unspecified atom stereocenters. The molecular weight excluding hydrogens is 386 g/mol. The Morgan fingerprint density at radius 1 is 1.28 bits per heavy atom. The van der Waals surface area contributed by atoms with Crippen LogP contribution >= 0.6 is 11.3 Å². The first-order valence-corrected chi connectivity index (χ1v) is 10.4. The number of aromatic nitrogens is 3. The van der Waals surface area contributed by atoms with E-state index in [0.29, 0.717) is 11.3 Å². The molecule has 0 radical (unpaired) electrons. The van der Waals surface area contributed by atoms with Crippen molar-refractivity contribution in [1.29, 1.82) is 0 Å². The van der Waals surface area contributed by atoms with E-state index in [1.54, 1.807) is 22.2 Å². The van der Waals surface area contributed by atoms with Gasteiger partial charge in [-0.1, -0.05) is 18.2 Å². The lowest BCUT2D eigenvalue weighted by Crippen LogP contribution is -2.23. The second-order valence-corrected chi connectivity index (χ2v) is 8.37. The minimum atomic E-state index is -0.450. The smallest absolute Gasteiger partial charge is 0.340 e. The standard InChI is InChI=1S/C22H19N3O3S/c1-12-13-6-3-4-8-15(13)24-16(18(12)22(27)28-2)10-25-11-23-20-19(21(25)26)14-7-5-9-17(14)29-20/h3-4,6,8,11H,5,7,9-10H2,1-2H3. The number of nitrogens with zero attached hydrogens (tertiary/aromatic N) is 3. The summed E-state index contributed by atoms with van der Waals surface area (Å²) in [5.74, 6) is -0.450. The van der Waals surface area contributed by atoms with E-state index >= 15 is 0 Å². The SMILES string of the molecule is COC(=O)c1c(Cn2cnc3sc4c(c3c2=O)CCC4)nc2ccccc2c1C. The lowest BCUT2D eigenvalue weighted by Gasteiger charge is -2.14. The number of para-hydroxylation sites is 1. The summed E-state index contributed by atoms with van der Waals surface area (Å²) in [6.07, 6.45) is 4.59. The summed E-state index contributed by atoms with van der Waals surface area (Å²) in [5, 5.41) is 1.62. The maximum Gasteiger partial charge on any atom is 0.340 e. The van der Waals surface area contributed by atoms with Crippen molar-refractivity contribution in [3.63, 3.8) is 0 Å². The van der Waals surface area contributed by atoms with Crippen molar-refractivity contribution >= 4 is 38.4 Å². The fourth-order valence-corrected chi connectivity index (χ4v) is 5.44. The van der Waals surface area contributed by atoms with Gasteiger partial charge in [-0.05, 0) is 43.4 Å². The average Bonchev–Trinajstić information content (AvgIpc) is 3.31. The molecule has 29 heavy (non-hydrogen) atoms. The summed E-state index contributed by atoms with van der Waals surface area (Å²) in [4.78, 5) is 37.1. The van der Waals surface area contributed by atoms with Gasteiger partial charge < -0.3 is 4.74 Å². The van der Waals surface area contributed by atoms with E-state index in [9.17, 15) is 9.59 Å². The molecule has 0 aliphatic heterocycles. The van der Waals surface area contributed by atoms with E-state index in [0.717, 1.165) is 51.5 Å². The second kappa shape index (κ2) is 6.77. The van der Waals surface area contributed by atoms with E-state index < -0.39 is 5.97 Å². The fourth-order valence-electron chi connectivity index (χ4n) is 4.22. The molecule has 1 aliphatic carbocycles. The minimum absolute atomic E-state index is 0.0715. The molecule has 3 aromatic heterocycles. The number of hydrogen-bond donors (Lipinski definition) is 0. The van der Waals surface area contributed by atoms with Gasteiger partial charge in [-0.15, -0.1) is 11.3 Å². The van der Waals surface area contributed by atoms with Crippen LogP contribution in [-0.2, 0) is 24.1 Å². The highest BCUT2D eigenvalue weighted by atomic mass is 32.1. The van der Waals surface area contributed by atoms with Gasteiger partial charge in [-0.25, -0.2) is 14.8 Å². The van der Waals surface area contributed by atoms with Crippen molar-refractivity contribution in [3.8, 4) is 0 Å². The highest BCUT2D eigenvalue weighted by Gasteiger charge is 2.23.